The Hall–Kier alpha value is -3.08. The highest BCUT2D eigenvalue weighted by Gasteiger charge is 2.19. The van der Waals surface area contributed by atoms with E-state index < -0.39 is 17.5 Å². The molecule has 0 aliphatic rings. The number of para-hydroxylation sites is 1. The van der Waals surface area contributed by atoms with Gasteiger partial charge in [-0.25, -0.2) is 0 Å². The Labute approximate surface area is 138 Å². The molecule has 122 valence electrons. The van der Waals surface area contributed by atoms with Crippen molar-refractivity contribution in [2.45, 2.75) is 20.0 Å². The van der Waals surface area contributed by atoms with Crippen molar-refractivity contribution in [3.05, 3.63) is 64.3 Å². The van der Waals surface area contributed by atoms with E-state index in [9.17, 15) is 14.7 Å². The molecule has 0 aliphatic carbocycles. The number of hydrogen-bond acceptors (Lipinski definition) is 5. The number of carbonyl (C=O) groups is 1. The maximum atomic E-state index is 12.7. The van der Waals surface area contributed by atoms with Crippen LogP contribution in [0.25, 0.3) is 22.3 Å². The fraction of sp³-hybridized carbons (Fsp3) is 0.158. The summed E-state index contributed by atoms with van der Waals surface area (Å²) in [4.78, 5) is 23.8. The van der Waals surface area contributed by atoms with Crippen LogP contribution in [0.15, 0.2) is 57.7 Å². The Morgan fingerprint density at radius 1 is 1.12 bits per heavy atom. The molecular weight excluding hydrogens is 308 g/mol. The standard InChI is InChI=1S/C19H16O5/c1-11-7-9-13(10-8-11)17-18(23-12(2)19(21)22)16(20)14-5-3-4-6-15(14)24-17/h3-10,12H,1-2H3,(H,21,22)/p-1/t12-/m1/s1. The minimum atomic E-state index is -1.41. The summed E-state index contributed by atoms with van der Waals surface area (Å²) in [5.74, 6) is -1.33. The second-order valence-corrected chi connectivity index (χ2v) is 5.53. The molecule has 3 aromatic rings. The Balaban J connectivity index is 2.26. The SMILES string of the molecule is Cc1ccc(-c2oc3ccccc3c(=O)c2O[C@H](C)C(=O)[O-])cc1. The first kappa shape index (κ1) is 15.8. The highest BCUT2D eigenvalue weighted by molar-refractivity contribution is 5.82. The number of carboxylic acid groups (broad SMARTS) is 1. The van der Waals surface area contributed by atoms with E-state index in [-0.39, 0.29) is 11.5 Å². The van der Waals surface area contributed by atoms with E-state index in [1.165, 1.54) is 6.92 Å². The fourth-order valence-electron chi connectivity index (χ4n) is 2.35. The summed E-state index contributed by atoms with van der Waals surface area (Å²) in [5.41, 5.74) is 1.67. The molecule has 0 bridgehead atoms. The van der Waals surface area contributed by atoms with Crippen molar-refractivity contribution in [2.24, 2.45) is 0 Å². The summed E-state index contributed by atoms with van der Waals surface area (Å²) in [6.45, 7) is 3.25. The molecule has 0 aliphatic heterocycles. The van der Waals surface area contributed by atoms with Crippen LogP contribution in [-0.2, 0) is 4.79 Å². The van der Waals surface area contributed by atoms with Crippen molar-refractivity contribution in [1.82, 2.24) is 0 Å². The van der Waals surface area contributed by atoms with E-state index in [0.29, 0.717) is 16.5 Å². The summed E-state index contributed by atoms with van der Waals surface area (Å²) in [6, 6.07) is 14.1. The van der Waals surface area contributed by atoms with Gasteiger partial charge in [0.05, 0.1) is 11.4 Å². The van der Waals surface area contributed by atoms with Gasteiger partial charge in [-0.2, -0.15) is 0 Å². The van der Waals surface area contributed by atoms with Gasteiger partial charge in [-0.3, -0.25) is 4.79 Å². The van der Waals surface area contributed by atoms with E-state index in [1.807, 2.05) is 19.1 Å². The lowest BCUT2D eigenvalue weighted by Gasteiger charge is -2.17. The fourth-order valence-corrected chi connectivity index (χ4v) is 2.35. The second-order valence-electron chi connectivity index (χ2n) is 5.53. The quantitative estimate of drug-likeness (QED) is 0.736. The minimum absolute atomic E-state index is 0.130. The molecule has 0 unspecified atom stereocenters. The summed E-state index contributed by atoms with van der Waals surface area (Å²) in [6.07, 6.45) is -1.28. The van der Waals surface area contributed by atoms with Gasteiger partial charge < -0.3 is 19.1 Å². The first-order chi connectivity index (χ1) is 11.5. The molecule has 0 fully saturated rings. The van der Waals surface area contributed by atoms with Crippen LogP contribution in [0.3, 0.4) is 0 Å². The van der Waals surface area contributed by atoms with E-state index in [1.54, 1.807) is 36.4 Å². The van der Waals surface area contributed by atoms with E-state index in [0.717, 1.165) is 5.56 Å². The van der Waals surface area contributed by atoms with Gasteiger partial charge in [0.15, 0.2) is 5.76 Å². The molecule has 0 N–H and O–H groups in total. The predicted octanol–water partition coefficient (Wildman–Crippen LogP) is 2.29. The van der Waals surface area contributed by atoms with Crippen molar-refractivity contribution < 1.29 is 19.1 Å². The monoisotopic (exact) mass is 323 g/mol. The van der Waals surface area contributed by atoms with Gasteiger partial charge in [-0.15, -0.1) is 0 Å². The second kappa shape index (κ2) is 6.20. The van der Waals surface area contributed by atoms with Crippen LogP contribution >= 0.6 is 0 Å². The maximum Gasteiger partial charge on any atom is 0.235 e. The van der Waals surface area contributed by atoms with Crippen molar-refractivity contribution in [3.8, 4) is 17.1 Å². The molecule has 2 aromatic carbocycles. The highest BCUT2D eigenvalue weighted by atomic mass is 16.5. The van der Waals surface area contributed by atoms with E-state index in [2.05, 4.69) is 0 Å². The third-order valence-corrected chi connectivity index (χ3v) is 3.70. The minimum Gasteiger partial charge on any atom is -0.546 e. The third kappa shape index (κ3) is 2.88. The van der Waals surface area contributed by atoms with Crippen LogP contribution in [0.2, 0.25) is 0 Å². The van der Waals surface area contributed by atoms with Crippen LogP contribution in [-0.4, -0.2) is 12.1 Å². The number of aliphatic carboxylic acids is 1. The summed E-state index contributed by atoms with van der Waals surface area (Å²) < 4.78 is 11.2. The molecule has 1 aromatic heterocycles. The average molecular weight is 323 g/mol. The largest absolute Gasteiger partial charge is 0.546 e. The number of hydrogen-bond donors (Lipinski definition) is 0. The number of carboxylic acids is 1. The first-order valence-corrected chi connectivity index (χ1v) is 7.48. The Kier molecular flexibility index (Phi) is 4.08. The van der Waals surface area contributed by atoms with Crippen LogP contribution in [0, 0.1) is 6.92 Å². The van der Waals surface area contributed by atoms with E-state index in [4.69, 9.17) is 9.15 Å². The molecule has 5 nitrogen and oxygen atoms in total. The van der Waals surface area contributed by atoms with Crippen LogP contribution in [0.4, 0.5) is 0 Å². The van der Waals surface area contributed by atoms with Crippen molar-refractivity contribution >= 4 is 16.9 Å². The molecule has 5 heteroatoms. The highest BCUT2D eigenvalue weighted by Crippen LogP contribution is 2.31. The molecule has 0 spiro atoms. The summed E-state index contributed by atoms with van der Waals surface area (Å²) in [5, 5.41) is 11.3. The number of rotatable bonds is 4. The molecule has 0 radical (unpaired) electrons. The lowest BCUT2D eigenvalue weighted by atomic mass is 10.1. The van der Waals surface area contributed by atoms with Crippen LogP contribution < -0.4 is 15.3 Å². The molecule has 0 saturated heterocycles. The number of ether oxygens (including phenoxy) is 1. The number of carbonyl (C=O) groups excluding carboxylic acids is 1. The maximum absolute atomic E-state index is 12.7. The van der Waals surface area contributed by atoms with Crippen LogP contribution in [0.5, 0.6) is 5.75 Å². The topological polar surface area (TPSA) is 79.6 Å². The molecular formula is C19H15O5-. The summed E-state index contributed by atoms with van der Waals surface area (Å²) in [7, 11) is 0. The van der Waals surface area contributed by atoms with Crippen molar-refractivity contribution in [2.75, 3.05) is 0 Å². The number of benzene rings is 2. The van der Waals surface area contributed by atoms with E-state index >= 15 is 0 Å². The smallest absolute Gasteiger partial charge is 0.235 e. The number of aryl methyl sites for hydroxylation is 1. The normalized spacial score (nSPS) is 12.1. The zero-order valence-corrected chi connectivity index (χ0v) is 13.2. The lowest BCUT2D eigenvalue weighted by molar-refractivity contribution is -0.312. The molecule has 24 heavy (non-hydrogen) atoms. The van der Waals surface area contributed by atoms with Gasteiger partial charge in [-0.1, -0.05) is 42.0 Å². The van der Waals surface area contributed by atoms with Crippen molar-refractivity contribution in [3.63, 3.8) is 0 Å². The molecule has 3 rings (SSSR count). The van der Waals surface area contributed by atoms with Crippen molar-refractivity contribution in [1.29, 1.82) is 0 Å². The van der Waals surface area contributed by atoms with Gasteiger partial charge in [0.25, 0.3) is 0 Å². The first-order valence-electron chi connectivity index (χ1n) is 7.48. The average Bonchev–Trinajstić information content (AvgIpc) is 2.58. The molecule has 1 atom stereocenters. The predicted molar refractivity (Wildman–Crippen MR) is 87.8 cm³/mol. The molecule has 0 amide bonds. The third-order valence-electron chi connectivity index (χ3n) is 3.70. The zero-order valence-electron chi connectivity index (χ0n) is 13.2. The molecule has 0 saturated carbocycles. The number of fused-ring (bicyclic) bond motifs is 1. The Morgan fingerprint density at radius 2 is 1.79 bits per heavy atom. The molecule has 1 heterocycles. The van der Waals surface area contributed by atoms with Gasteiger partial charge in [0, 0.05) is 5.56 Å². The Morgan fingerprint density at radius 3 is 2.46 bits per heavy atom. The van der Waals surface area contributed by atoms with Gasteiger partial charge in [-0.05, 0) is 26.0 Å². The summed E-state index contributed by atoms with van der Waals surface area (Å²) >= 11 is 0. The van der Waals surface area contributed by atoms with Gasteiger partial charge in [0.2, 0.25) is 11.2 Å². The van der Waals surface area contributed by atoms with Gasteiger partial charge in [0.1, 0.15) is 11.7 Å². The Bertz CT molecular complexity index is 954. The van der Waals surface area contributed by atoms with Crippen LogP contribution in [0.1, 0.15) is 12.5 Å². The zero-order chi connectivity index (χ0) is 17.3. The lowest BCUT2D eigenvalue weighted by Crippen LogP contribution is -2.38. The van der Waals surface area contributed by atoms with Gasteiger partial charge >= 0.3 is 0 Å².